The van der Waals surface area contributed by atoms with Crippen molar-refractivity contribution in [2.75, 3.05) is 18.5 Å². The topological polar surface area (TPSA) is 50.4 Å². The lowest BCUT2D eigenvalue weighted by Gasteiger charge is -2.29. The number of hydrogen-bond donors (Lipinski definition) is 2. The van der Waals surface area contributed by atoms with Crippen molar-refractivity contribution in [1.29, 1.82) is 0 Å². The Balaban J connectivity index is 2.20. The molecule has 1 aromatic carbocycles. The normalized spacial score (nSPS) is 24.9. The average molecular weight is 298 g/mol. The zero-order valence-electron chi connectivity index (χ0n) is 12.4. The molecule has 2 unspecified atom stereocenters. The van der Waals surface area contributed by atoms with Gasteiger partial charge in [-0.1, -0.05) is 0 Å². The number of nitrogens with one attached hydrogen (secondary N) is 2. The van der Waals surface area contributed by atoms with Crippen molar-refractivity contribution < 1.29 is 18.3 Å². The van der Waals surface area contributed by atoms with E-state index < -0.39 is 23.1 Å². The molecule has 0 aliphatic carbocycles. The molecule has 2 rings (SSSR count). The van der Waals surface area contributed by atoms with Gasteiger partial charge in [-0.05, 0) is 39.3 Å². The molecule has 21 heavy (non-hydrogen) atoms. The van der Waals surface area contributed by atoms with Gasteiger partial charge in [0.2, 0.25) is 0 Å². The summed E-state index contributed by atoms with van der Waals surface area (Å²) in [7, 11) is 0. The second kappa shape index (κ2) is 5.97. The standard InChI is InChI=1S/C15H20F2N2O2/c1-4-18-13-11(16)7-10(8-12(13)17)14(20)19-15(3)5-6-21-9(15)2/h7-9,18H,4-6H2,1-3H3,(H,19,20). The maximum absolute atomic E-state index is 13.8. The first-order valence-electron chi connectivity index (χ1n) is 7.04. The minimum absolute atomic E-state index is 0.0352. The summed E-state index contributed by atoms with van der Waals surface area (Å²) in [6, 6.07) is 2.08. The highest BCUT2D eigenvalue weighted by molar-refractivity contribution is 5.95. The molecule has 0 spiro atoms. The molecule has 2 N–H and O–H groups in total. The van der Waals surface area contributed by atoms with Gasteiger partial charge in [0, 0.05) is 18.7 Å². The van der Waals surface area contributed by atoms with E-state index in [0.717, 1.165) is 12.1 Å². The SMILES string of the molecule is CCNc1c(F)cc(C(=O)NC2(C)CCOC2C)cc1F. The second-order valence-electron chi connectivity index (χ2n) is 5.48. The van der Waals surface area contributed by atoms with E-state index in [2.05, 4.69) is 10.6 Å². The number of rotatable bonds is 4. The zero-order chi connectivity index (χ0) is 15.6. The molecule has 0 saturated carbocycles. The maximum Gasteiger partial charge on any atom is 0.252 e. The Labute approximate surface area is 122 Å². The van der Waals surface area contributed by atoms with Crippen molar-refractivity contribution in [3.63, 3.8) is 0 Å². The van der Waals surface area contributed by atoms with Crippen LogP contribution in [-0.2, 0) is 4.74 Å². The average Bonchev–Trinajstić information content (AvgIpc) is 2.73. The molecule has 0 bridgehead atoms. The van der Waals surface area contributed by atoms with Crippen LogP contribution in [0.25, 0.3) is 0 Å². The third kappa shape index (κ3) is 3.15. The Morgan fingerprint density at radius 3 is 2.52 bits per heavy atom. The van der Waals surface area contributed by atoms with Gasteiger partial charge in [0.25, 0.3) is 5.91 Å². The Morgan fingerprint density at radius 2 is 2.05 bits per heavy atom. The van der Waals surface area contributed by atoms with Gasteiger partial charge in [0.1, 0.15) is 17.3 Å². The fourth-order valence-electron chi connectivity index (χ4n) is 2.38. The van der Waals surface area contributed by atoms with E-state index in [-0.39, 0.29) is 17.4 Å². The lowest BCUT2D eigenvalue weighted by atomic mass is 9.94. The Hall–Kier alpha value is -1.69. The molecule has 0 radical (unpaired) electrons. The molecule has 1 fully saturated rings. The summed E-state index contributed by atoms with van der Waals surface area (Å²) in [5, 5.41) is 5.41. The van der Waals surface area contributed by atoms with Gasteiger partial charge < -0.3 is 15.4 Å². The second-order valence-corrected chi connectivity index (χ2v) is 5.48. The van der Waals surface area contributed by atoms with Crippen molar-refractivity contribution in [1.82, 2.24) is 5.32 Å². The van der Waals surface area contributed by atoms with Crippen molar-refractivity contribution >= 4 is 11.6 Å². The molecular weight excluding hydrogens is 278 g/mol. The van der Waals surface area contributed by atoms with Crippen LogP contribution in [0.4, 0.5) is 14.5 Å². The van der Waals surface area contributed by atoms with E-state index in [1.807, 2.05) is 13.8 Å². The highest BCUT2D eigenvalue weighted by Crippen LogP contribution is 2.26. The molecule has 0 aromatic heterocycles. The predicted octanol–water partition coefficient (Wildman–Crippen LogP) is 2.69. The fourth-order valence-corrected chi connectivity index (χ4v) is 2.38. The Bertz CT molecular complexity index is 527. The number of carbonyl (C=O) groups excluding carboxylic acids is 1. The van der Waals surface area contributed by atoms with Crippen molar-refractivity contribution in [3.8, 4) is 0 Å². The molecule has 1 aliphatic rings. The number of ether oxygens (including phenoxy) is 1. The number of hydrogen-bond acceptors (Lipinski definition) is 3. The van der Waals surface area contributed by atoms with Gasteiger partial charge in [-0.3, -0.25) is 4.79 Å². The number of anilines is 1. The minimum Gasteiger partial charge on any atom is -0.381 e. The van der Waals surface area contributed by atoms with Crippen LogP contribution >= 0.6 is 0 Å². The molecule has 6 heteroatoms. The quantitative estimate of drug-likeness (QED) is 0.898. The van der Waals surface area contributed by atoms with Crippen molar-refractivity contribution in [3.05, 3.63) is 29.3 Å². The van der Waals surface area contributed by atoms with Crippen LogP contribution in [0.15, 0.2) is 12.1 Å². The first-order chi connectivity index (χ1) is 9.87. The van der Waals surface area contributed by atoms with Crippen LogP contribution in [0.1, 0.15) is 37.6 Å². The van der Waals surface area contributed by atoms with Crippen LogP contribution in [0.3, 0.4) is 0 Å². The summed E-state index contributed by atoms with van der Waals surface area (Å²) < 4.78 is 33.1. The van der Waals surface area contributed by atoms with Crippen molar-refractivity contribution in [2.24, 2.45) is 0 Å². The van der Waals surface area contributed by atoms with Crippen LogP contribution in [0.5, 0.6) is 0 Å². The highest BCUT2D eigenvalue weighted by Gasteiger charge is 2.38. The summed E-state index contributed by atoms with van der Waals surface area (Å²) in [5.41, 5.74) is -0.769. The summed E-state index contributed by atoms with van der Waals surface area (Å²) in [6.07, 6.45) is 0.526. The van der Waals surface area contributed by atoms with E-state index in [1.54, 1.807) is 6.92 Å². The van der Waals surface area contributed by atoms with E-state index in [4.69, 9.17) is 4.74 Å². The molecular formula is C15H20F2N2O2. The van der Waals surface area contributed by atoms with Gasteiger partial charge in [-0.2, -0.15) is 0 Å². The summed E-state index contributed by atoms with van der Waals surface area (Å²) in [6.45, 7) is 6.42. The Kier molecular flexibility index (Phi) is 4.46. The van der Waals surface area contributed by atoms with Gasteiger partial charge in [-0.15, -0.1) is 0 Å². The molecule has 4 nitrogen and oxygen atoms in total. The van der Waals surface area contributed by atoms with Crippen LogP contribution in [0.2, 0.25) is 0 Å². The van der Waals surface area contributed by atoms with Crippen LogP contribution in [0, 0.1) is 11.6 Å². The molecule has 1 aliphatic heterocycles. The summed E-state index contributed by atoms with van der Waals surface area (Å²) >= 11 is 0. The third-order valence-electron chi connectivity index (χ3n) is 3.94. The summed E-state index contributed by atoms with van der Waals surface area (Å²) in [5.74, 6) is -2.05. The predicted molar refractivity (Wildman–Crippen MR) is 76.4 cm³/mol. The van der Waals surface area contributed by atoms with Gasteiger partial charge in [-0.25, -0.2) is 8.78 Å². The number of halogens is 2. The van der Waals surface area contributed by atoms with Crippen molar-refractivity contribution in [2.45, 2.75) is 38.8 Å². The van der Waals surface area contributed by atoms with E-state index in [1.165, 1.54) is 0 Å². The minimum atomic E-state index is -0.775. The molecule has 2 atom stereocenters. The number of amides is 1. The lowest BCUT2D eigenvalue weighted by molar-refractivity contribution is 0.0727. The maximum atomic E-state index is 13.8. The highest BCUT2D eigenvalue weighted by atomic mass is 19.1. The molecule has 1 heterocycles. The van der Waals surface area contributed by atoms with Gasteiger partial charge in [0.05, 0.1) is 11.6 Å². The molecule has 1 amide bonds. The van der Waals surface area contributed by atoms with Crippen LogP contribution in [-0.4, -0.2) is 30.7 Å². The summed E-state index contributed by atoms with van der Waals surface area (Å²) in [4.78, 5) is 12.2. The molecule has 1 aromatic rings. The van der Waals surface area contributed by atoms with Gasteiger partial charge in [0.15, 0.2) is 0 Å². The molecule has 1 saturated heterocycles. The molecule has 116 valence electrons. The largest absolute Gasteiger partial charge is 0.381 e. The first-order valence-corrected chi connectivity index (χ1v) is 7.04. The number of benzene rings is 1. The fraction of sp³-hybridized carbons (Fsp3) is 0.533. The number of carbonyl (C=O) groups is 1. The van der Waals surface area contributed by atoms with Crippen LogP contribution < -0.4 is 10.6 Å². The lowest BCUT2D eigenvalue weighted by Crippen LogP contribution is -2.50. The Morgan fingerprint density at radius 1 is 1.43 bits per heavy atom. The van der Waals surface area contributed by atoms with E-state index >= 15 is 0 Å². The zero-order valence-corrected chi connectivity index (χ0v) is 12.4. The monoisotopic (exact) mass is 298 g/mol. The van der Waals surface area contributed by atoms with E-state index in [9.17, 15) is 13.6 Å². The first kappa shape index (κ1) is 15.7. The third-order valence-corrected chi connectivity index (χ3v) is 3.94. The van der Waals surface area contributed by atoms with E-state index in [0.29, 0.717) is 19.6 Å². The van der Waals surface area contributed by atoms with Gasteiger partial charge >= 0.3 is 0 Å². The smallest absolute Gasteiger partial charge is 0.252 e.